The second kappa shape index (κ2) is 5.92. The number of halogens is 4. The van der Waals surface area contributed by atoms with Gasteiger partial charge in [-0.1, -0.05) is 0 Å². The Kier molecular flexibility index (Phi) is 4.20. The second-order valence-corrected chi connectivity index (χ2v) is 4.39. The van der Waals surface area contributed by atoms with E-state index >= 15 is 0 Å². The van der Waals surface area contributed by atoms with E-state index in [4.69, 9.17) is 5.73 Å². The number of carbonyl (C=O) groups excluding carboxylic acids is 1. The van der Waals surface area contributed by atoms with Crippen molar-refractivity contribution in [2.75, 3.05) is 16.4 Å². The maximum absolute atomic E-state index is 12.7. The molecule has 0 aromatic heterocycles. The van der Waals surface area contributed by atoms with Gasteiger partial charge in [-0.2, -0.15) is 13.2 Å². The van der Waals surface area contributed by atoms with E-state index in [1.165, 1.54) is 12.1 Å². The Hall–Kier alpha value is -2.77. The van der Waals surface area contributed by atoms with Crippen LogP contribution in [0.15, 0.2) is 42.5 Å². The third kappa shape index (κ3) is 3.87. The van der Waals surface area contributed by atoms with Crippen molar-refractivity contribution < 1.29 is 22.4 Å². The summed E-state index contributed by atoms with van der Waals surface area (Å²) in [5.74, 6) is -0.460. The quantitative estimate of drug-likeness (QED) is 0.578. The zero-order chi connectivity index (χ0) is 16.3. The second-order valence-electron chi connectivity index (χ2n) is 4.39. The largest absolute Gasteiger partial charge is 0.416 e. The molecule has 0 heterocycles. The van der Waals surface area contributed by atoms with E-state index in [-0.39, 0.29) is 11.4 Å². The summed E-state index contributed by atoms with van der Waals surface area (Å²) < 4.78 is 50.2. The molecule has 0 unspecified atom stereocenters. The van der Waals surface area contributed by atoms with E-state index in [0.717, 1.165) is 30.3 Å². The maximum Gasteiger partial charge on any atom is 0.416 e. The summed E-state index contributed by atoms with van der Waals surface area (Å²) in [6.07, 6.45) is -4.51. The number of amides is 2. The molecule has 2 rings (SSSR count). The van der Waals surface area contributed by atoms with Gasteiger partial charge in [0.1, 0.15) is 5.82 Å². The highest BCUT2D eigenvalue weighted by atomic mass is 19.4. The first-order chi connectivity index (χ1) is 10.3. The van der Waals surface area contributed by atoms with Gasteiger partial charge in [0.2, 0.25) is 0 Å². The molecule has 0 spiro atoms. The molecule has 4 N–H and O–H groups in total. The molecule has 2 amide bonds. The van der Waals surface area contributed by atoms with E-state index in [9.17, 15) is 22.4 Å². The molecule has 0 saturated carbocycles. The van der Waals surface area contributed by atoms with Gasteiger partial charge in [0.25, 0.3) is 0 Å². The van der Waals surface area contributed by atoms with Crippen LogP contribution in [0.3, 0.4) is 0 Å². The first-order valence-corrected chi connectivity index (χ1v) is 6.06. The average molecular weight is 313 g/mol. The highest BCUT2D eigenvalue weighted by molar-refractivity contribution is 6.01. The summed E-state index contributed by atoms with van der Waals surface area (Å²) in [4.78, 5) is 11.7. The molecular formula is C14H11F4N3O. The van der Waals surface area contributed by atoms with E-state index in [1.54, 1.807) is 0 Å². The minimum atomic E-state index is -4.51. The lowest BCUT2D eigenvalue weighted by Crippen LogP contribution is -2.20. The predicted octanol–water partition coefficient (Wildman–Crippen LogP) is 4.07. The molecule has 0 radical (unpaired) electrons. The molecule has 116 valence electrons. The molecule has 0 aliphatic rings. The lowest BCUT2D eigenvalue weighted by atomic mass is 10.1. The SMILES string of the molecule is Nc1cc(C(F)(F)F)ccc1NC(=O)Nc1ccc(F)cc1. The van der Waals surface area contributed by atoms with Crippen molar-refractivity contribution in [3.63, 3.8) is 0 Å². The number of anilines is 3. The number of carbonyl (C=O) groups is 1. The lowest BCUT2D eigenvalue weighted by Gasteiger charge is -2.12. The van der Waals surface area contributed by atoms with Crippen LogP contribution in [0, 0.1) is 5.82 Å². The summed E-state index contributed by atoms with van der Waals surface area (Å²) in [6.45, 7) is 0. The predicted molar refractivity (Wildman–Crippen MR) is 74.9 cm³/mol. The topological polar surface area (TPSA) is 67.1 Å². The minimum Gasteiger partial charge on any atom is -0.397 e. The molecule has 8 heteroatoms. The molecule has 0 fully saturated rings. The number of benzene rings is 2. The van der Waals surface area contributed by atoms with Gasteiger partial charge >= 0.3 is 12.2 Å². The Balaban J connectivity index is 2.07. The van der Waals surface area contributed by atoms with Crippen LogP contribution in [0.25, 0.3) is 0 Å². The van der Waals surface area contributed by atoms with Crippen molar-refractivity contribution in [3.05, 3.63) is 53.8 Å². The highest BCUT2D eigenvalue weighted by Crippen LogP contribution is 2.32. The summed E-state index contributed by atoms with van der Waals surface area (Å²) in [7, 11) is 0. The van der Waals surface area contributed by atoms with Crippen molar-refractivity contribution in [1.82, 2.24) is 0 Å². The molecule has 0 bridgehead atoms. The van der Waals surface area contributed by atoms with Crippen molar-refractivity contribution >= 4 is 23.1 Å². The Labute approximate surface area is 122 Å². The molecule has 0 saturated heterocycles. The standard InChI is InChI=1S/C14H11F4N3O/c15-9-2-4-10(5-3-9)20-13(22)21-12-6-1-8(7-11(12)19)14(16,17)18/h1-7H,19H2,(H2,20,21,22). The van der Waals surface area contributed by atoms with Gasteiger partial charge in [0, 0.05) is 5.69 Å². The summed E-state index contributed by atoms with van der Waals surface area (Å²) in [5, 5.41) is 4.71. The third-order valence-corrected chi connectivity index (χ3v) is 2.73. The summed E-state index contributed by atoms with van der Waals surface area (Å²) >= 11 is 0. The number of urea groups is 1. The number of rotatable bonds is 2. The van der Waals surface area contributed by atoms with E-state index < -0.39 is 23.6 Å². The van der Waals surface area contributed by atoms with Crippen molar-refractivity contribution in [2.45, 2.75) is 6.18 Å². The molecular weight excluding hydrogens is 302 g/mol. The molecule has 4 nitrogen and oxygen atoms in total. The van der Waals surface area contributed by atoms with E-state index in [0.29, 0.717) is 5.69 Å². The van der Waals surface area contributed by atoms with Crippen molar-refractivity contribution in [2.24, 2.45) is 0 Å². The zero-order valence-corrected chi connectivity index (χ0v) is 11.0. The Morgan fingerprint density at radius 3 is 2.18 bits per heavy atom. The third-order valence-electron chi connectivity index (χ3n) is 2.73. The van der Waals surface area contributed by atoms with Crippen LogP contribution in [-0.4, -0.2) is 6.03 Å². The number of nitrogens with two attached hydrogens (primary N) is 1. The van der Waals surface area contributed by atoms with Gasteiger partial charge in [0.05, 0.1) is 16.9 Å². The van der Waals surface area contributed by atoms with Crippen LogP contribution in [0.2, 0.25) is 0 Å². The smallest absolute Gasteiger partial charge is 0.397 e. The van der Waals surface area contributed by atoms with Crippen molar-refractivity contribution in [1.29, 1.82) is 0 Å². The Morgan fingerprint density at radius 2 is 1.64 bits per heavy atom. The van der Waals surface area contributed by atoms with E-state index in [1.807, 2.05) is 0 Å². The van der Waals surface area contributed by atoms with Crippen LogP contribution < -0.4 is 16.4 Å². The molecule has 2 aromatic carbocycles. The molecule has 22 heavy (non-hydrogen) atoms. The average Bonchev–Trinajstić information content (AvgIpc) is 2.42. The monoisotopic (exact) mass is 313 g/mol. The fraction of sp³-hybridized carbons (Fsp3) is 0.0714. The molecule has 2 aromatic rings. The maximum atomic E-state index is 12.7. The fourth-order valence-corrected chi connectivity index (χ4v) is 1.67. The van der Waals surface area contributed by atoms with Crippen LogP contribution in [0.4, 0.5) is 39.4 Å². The number of nitrogen functional groups attached to an aromatic ring is 1. The van der Waals surface area contributed by atoms with Crippen LogP contribution >= 0.6 is 0 Å². The molecule has 0 aliphatic heterocycles. The first kappa shape index (κ1) is 15.6. The first-order valence-electron chi connectivity index (χ1n) is 6.06. The fourth-order valence-electron chi connectivity index (χ4n) is 1.67. The molecule has 0 atom stereocenters. The minimum absolute atomic E-state index is 0.0348. The van der Waals surface area contributed by atoms with Gasteiger partial charge < -0.3 is 16.4 Å². The molecule has 0 aliphatic carbocycles. The van der Waals surface area contributed by atoms with Gasteiger partial charge in [0.15, 0.2) is 0 Å². The number of nitrogens with one attached hydrogen (secondary N) is 2. The summed E-state index contributed by atoms with van der Waals surface area (Å²) in [5.41, 5.74) is 4.72. The van der Waals surface area contributed by atoms with E-state index in [2.05, 4.69) is 10.6 Å². The lowest BCUT2D eigenvalue weighted by molar-refractivity contribution is -0.137. The van der Waals surface area contributed by atoms with Gasteiger partial charge in [-0.3, -0.25) is 0 Å². The van der Waals surface area contributed by atoms with Gasteiger partial charge in [-0.25, -0.2) is 9.18 Å². The highest BCUT2D eigenvalue weighted by Gasteiger charge is 2.30. The Bertz CT molecular complexity index is 683. The van der Waals surface area contributed by atoms with Gasteiger partial charge in [-0.15, -0.1) is 0 Å². The number of hydrogen-bond acceptors (Lipinski definition) is 2. The summed E-state index contributed by atoms with van der Waals surface area (Å²) in [6, 6.07) is 6.87. The number of hydrogen-bond donors (Lipinski definition) is 3. The zero-order valence-electron chi connectivity index (χ0n) is 11.0. The van der Waals surface area contributed by atoms with Crippen LogP contribution in [0.1, 0.15) is 5.56 Å². The van der Waals surface area contributed by atoms with Crippen LogP contribution in [-0.2, 0) is 6.18 Å². The van der Waals surface area contributed by atoms with Crippen molar-refractivity contribution in [3.8, 4) is 0 Å². The number of alkyl halides is 3. The van der Waals surface area contributed by atoms with Gasteiger partial charge in [-0.05, 0) is 42.5 Å². The normalized spacial score (nSPS) is 11.1. The van der Waals surface area contributed by atoms with Crippen LogP contribution in [0.5, 0.6) is 0 Å². The Morgan fingerprint density at radius 1 is 1.00 bits per heavy atom.